The van der Waals surface area contributed by atoms with Crippen LogP contribution >= 0.6 is 0 Å². The van der Waals surface area contributed by atoms with Gasteiger partial charge in [-0.2, -0.15) is 0 Å². The predicted octanol–water partition coefficient (Wildman–Crippen LogP) is 3.01. The maximum absolute atomic E-state index is 5.38. The average Bonchev–Trinajstić information content (AvgIpc) is 2.59. The Morgan fingerprint density at radius 2 is 1.88 bits per heavy atom. The molecule has 0 amide bonds. The van der Waals surface area contributed by atoms with Crippen LogP contribution in [0.15, 0.2) is 4.99 Å². The van der Waals surface area contributed by atoms with Crippen LogP contribution in [-0.2, 0) is 4.74 Å². The van der Waals surface area contributed by atoms with Crippen molar-refractivity contribution >= 4 is 5.96 Å². The van der Waals surface area contributed by atoms with Crippen molar-refractivity contribution in [3.63, 3.8) is 0 Å². The van der Waals surface area contributed by atoms with Crippen LogP contribution in [0.25, 0.3) is 0 Å². The van der Waals surface area contributed by atoms with Crippen molar-refractivity contribution in [2.24, 2.45) is 4.99 Å². The Morgan fingerprint density at radius 3 is 2.58 bits per heavy atom. The second-order valence-electron chi connectivity index (χ2n) is 6.82. The minimum absolute atomic E-state index is 0.494. The number of hydrogen-bond acceptors (Lipinski definition) is 3. The summed E-state index contributed by atoms with van der Waals surface area (Å²) in [5.74, 6) is 0.979. The molecule has 0 radical (unpaired) electrons. The van der Waals surface area contributed by atoms with Crippen LogP contribution in [0.4, 0.5) is 0 Å². The molecular weight excluding hydrogens is 300 g/mol. The molecule has 1 unspecified atom stereocenters. The number of morpholine rings is 1. The summed E-state index contributed by atoms with van der Waals surface area (Å²) in [5, 5.41) is 6.91. The summed E-state index contributed by atoms with van der Waals surface area (Å²) in [4.78, 5) is 7.23. The Bertz CT molecular complexity index is 316. The van der Waals surface area contributed by atoms with Crippen LogP contribution in [-0.4, -0.2) is 62.8 Å². The molecule has 1 saturated heterocycles. The summed E-state index contributed by atoms with van der Waals surface area (Å²) >= 11 is 0. The van der Waals surface area contributed by atoms with Crippen molar-refractivity contribution < 1.29 is 4.74 Å². The third-order valence-electron chi connectivity index (χ3n) is 4.47. The monoisotopic (exact) mass is 340 g/mol. The standard InChI is InChI=1S/C19H40N4O/c1-4-6-7-8-11-18(3)22-19(20-5-2)21-12-9-10-13-23-14-16-24-17-15-23/h18H,4-17H2,1-3H3,(H2,20,21,22). The summed E-state index contributed by atoms with van der Waals surface area (Å²) in [7, 11) is 0. The normalized spacial score (nSPS) is 17.7. The molecule has 1 atom stereocenters. The van der Waals surface area contributed by atoms with Crippen LogP contribution in [0, 0.1) is 0 Å². The molecule has 0 aromatic heterocycles. The van der Waals surface area contributed by atoms with E-state index in [0.29, 0.717) is 6.04 Å². The highest BCUT2D eigenvalue weighted by Crippen LogP contribution is 2.05. The molecule has 1 aliphatic rings. The molecule has 2 N–H and O–H groups in total. The van der Waals surface area contributed by atoms with Gasteiger partial charge in [0.25, 0.3) is 0 Å². The molecule has 1 heterocycles. The third-order valence-corrected chi connectivity index (χ3v) is 4.47. The molecule has 0 spiro atoms. The second-order valence-corrected chi connectivity index (χ2v) is 6.82. The third kappa shape index (κ3) is 10.9. The Hall–Kier alpha value is -0.810. The first-order chi connectivity index (χ1) is 11.8. The van der Waals surface area contributed by atoms with Crippen LogP contribution in [0.2, 0.25) is 0 Å². The van der Waals surface area contributed by atoms with Gasteiger partial charge in [0, 0.05) is 32.2 Å². The van der Waals surface area contributed by atoms with Crippen molar-refractivity contribution in [2.75, 3.05) is 45.9 Å². The first-order valence-corrected chi connectivity index (χ1v) is 10.1. The lowest BCUT2D eigenvalue weighted by Crippen LogP contribution is -2.42. The van der Waals surface area contributed by atoms with Gasteiger partial charge in [0.05, 0.1) is 13.2 Å². The Balaban J connectivity index is 2.15. The molecule has 0 aliphatic carbocycles. The lowest BCUT2D eigenvalue weighted by molar-refractivity contribution is 0.0373. The van der Waals surface area contributed by atoms with Crippen molar-refractivity contribution in [1.82, 2.24) is 15.5 Å². The van der Waals surface area contributed by atoms with Gasteiger partial charge in [-0.3, -0.25) is 9.89 Å². The van der Waals surface area contributed by atoms with Crippen LogP contribution in [0.5, 0.6) is 0 Å². The molecule has 0 bridgehead atoms. The Morgan fingerprint density at radius 1 is 1.08 bits per heavy atom. The molecule has 0 saturated carbocycles. The van der Waals surface area contributed by atoms with Crippen LogP contribution in [0.1, 0.15) is 65.7 Å². The summed E-state index contributed by atoms with van der Waals surface area (Å²) < 4.78 is 5.38. The molecule has 0 aromatic rings. The van der Waals surface area contributed by atoms with Crippen molar-refractivity contribution in [2.45, 2.75) is 71.8 Å². The zero-order valence-electron chi connectivity index (χ0n) is 16.3. The summed E-state index contributed by atoms with van der Waals surface area (Å²) in [5.41, 5.74) is 0. The van der Waals surface area contributed by atoms with Gasteiger partial charge in [0.2, 0.25) is 0 Å². The molecular formula is C19H40N4O. The van der Waals surface area contributed by atoms with E-state index < -0.39 is 0 Å². The maximum atomic E-state index is 5.38. The number of hydrogen-bond donors (Lipinski definition) is 2. The molecule has 1 rings (SSSR count). The summed E-state index contributed by atoms with van der Waals surface area (Å²) in [6.45, 7) is 13.6. The SMILES string of the molecule is CCCCCCC(C)NC(=NCCCCN1CCOCC1)NCC. The first kappa shape index (κ1) is 21.2. The van der Waals surface area contributed by atoms with E-state index in [0.717, 1.165) is 51.8 Å². The van der Waals surface area contributed by atoms with Gasteiger partial charge in [-0.1, -0.05) is 32.6 Å². The Kier molecular flexibility index (Phi) is 12.9. The zero-order valence-corrected chi connectivity index (χ0v) is 16.3. The maximum Gasteiger partial charge on any atom is 0.191 e. The van der Waals surface area contributed by atoms with Crippen LogP contribution in [0.3, 0.4) is 0 Å². The Labute approximate surface area is 149 Å². The molecule has 142 valence electrons. The van der Waals surface area contributed by atoms with Gasteiger partial charge < -0.3 is 15.4 Å². The molecule has 1 fully saturated rings. The zero-order chi connectivity index (χ0) is 17.5. The number of nitrogens with zero attached hydrogens (tertiary/aromatic N) is 2. The largest absolute Gasteiger partial charge is 0.379 e. The smallest absolute Gasteiger partial charge is 0.191 e. The second kappa shape index (κ2) is 14.5. The fraction of sp³-hybridized carbons (Fsp3) is 0.947. The van der Waals surface area contributed by atoms with Gasteiger partial charge in [0.15, 0.2) is 5.96 Å². The summed E-state index contributed by atoms with van der Waals surface area (Å²) in [6.07, 6.45) is 8.90. The van der Waals surface area contributed by atoms with E-state index in [1.165, 1.54) is 45.1 Å². The first-order valence-electron chi connectivity index (χ1n) is 10.1. The minimum atomic E-state index is 0.494. The fourth-order valence-electron chi connectivity index (χ4n) is 2.97. The van der Waals surface area contributed by atoms with E-state index in [1.54, 1.807) is 0 Å². The lowest BCUT2D eigenvalue weighted by Gasteiger charge is -2.26. The quantitative estimate of drug-likeness (QED) is 0.326. The van der Waals surface area contributed by atoms with Gasteiger partial charge in [-0.15, -0.1) is 0 Å². The molecule has 5 nitrogen and oxygen atoms in total. The van der Waals surface area contributed by atoms with Crippen molar-refractivity contribution in [3.05, 3.63) is 0 Å². The number of guanidine groups is 1. The van der Waals surface area contributed by atoms with Gasteiger partial charge in [-0.25, -0.2) is 0 Å². The topological polar surface area (TPSA) is 48.9 Å². The number of ether oxygens (including phenoxy) is 1. The van der Waals surface area contributed by atoms with E-state index in [1.807, 2.05) is 0 Å². The van der Waals surface area contributed by atoms with Gasteiger partial charge >= 0.3 is 0 Å². The number of rotatable bonds is 12. The van der Waals surface area contributed by atoms with E-state index in [9.17, 15) is 0 Å². The molecule has 1 aliphatic heterocycles. The van der Waals surface area contributed by atoms with E-state index in [-0.39, 0.29) is 0 Å². The minimum Gasteiger partial charge on any atom is -0.379 e. The van der Waals surface area contributed by atoms with Crippen LogP contribution < -0.4 is 10.6 Å². The van der Waals surface area contributed by atoms with Crippen molar-refractivity contribution in [3.8, 4) is 0 Å². The average molecular weight is 341 g/mol. The number of unbranched alkanes of at least 4 members (excludes halogenated alkanes) is 4. The summed E-state index contributed by atoms with van der Waals surface area (Å²) in [6, 6.07) is 0.494. The highest BCUT2D eigenvalue weighted by Gasteiger charge is 2.09. The van der Waals surface area contributed by atoms with E-state index in [4.69, 9.17) is 9.73 Å². The highest BCUT2D eigenvalue weighted by atomic mass is 16.5. The van der Waals surface area contributed by atoms with Gasteiger partial charge in [-0.05, 0) is 39.7 Å². The van der Waals surface area contributed by atoms with E-state index >= 15 is 0 Å². The fourth-order valence-corrected chi connectivity index (χ4v) is 2.97. The van der Waals surface area contributed by atoms with Gasteiger partial charge in [0.1, 0.15) is 0 Å². The highest BCUT2D eigenvalue weighted by molar-refractivity contribution is 5.79. The molecule has 5 heteroatoms. The molecule has 0 aromatic carbocycles. The predicted molar refractivity (Wildman–Crippen MR) is 104 cm³/mol. The van der Waals surface area contributed by atoms with E-state index in [2.05, 4.69) is 36.3 Å². The number of aliphatic imine (C=N–C) groups is 1. The number of nitrogens with one attached hydrogen (secondary N) is 2. The lowest BCUT2D eigenvalue weighted by atomic mass is 10.1. The molecule has 24 heavy (non-hydrogen) atoms. The van der Waals surface area contributed by atoms with Crippen molar-refractivity contribution in [1.29, 1.82) is 0 Å².